The average molecular weight is 362 g/mol. The lowest BCUT2D eigenvalue weighted by molar-refractivity contribution is -0.139. The van der Waals surface area contributed by atoms with Crippen LogP contribution < -0.4 is 10.1 Å². The van der Waals surface area contributed by atoms with Gasteiger partial charge in [0.25, 0.3) is 5.91 Å². The third-order valence-electron chi connectivity index (χ3n) is 3.55. The van der Waals surface area contributed by atoms with Gasteiger partial charge in [-0.25, -0.2) is 0 Å². The number of hydrogen-bond donors (Lipinski definition) is 2. The van der Waals surface area contributed by atoms with Crippen molar-refractivity contribution in [2.24, 2.45) is 0 Å². The second kappa shape index (κ2) is 7.38. The van der Waals surface area contributed by atoms with E-state index in [0.717, 1.165) is 0 Å². The maximum absolute atomic E-state index is 12.3. The summed E-state index contributed by atoms with van der Waals surface area (Å²) in [4.78, 5) is 23.3. The molecule has 0 aliphatic carbocycles. The monoisotopic (exact) mass is 361 g/mol. The number of hydrogen-bond acceptors (Lipinski definition) is 4. The first-order chi connectivity index (χ1) is 10.8. The van der Waals surface area contributed by atoms with Crippen LogP contribution in [0.2, 0.25) is 10.0 Å². The number of carbonyl (C=O) groups is 2. The van der Waals surface area contributed by atoms with Crippen LogP contribution >= 0.6 is 23.2 Å². The lowest BCUT2D eigenvalue weighted by Gasteiger charge is -2.28. The molecule has 23 heavy (non-hydrogen) atoms. The molecule has 8 heteroatoms. The van der Waals surface area contributed by atoms with Crippen LogP contribution in [-0.2, 0) is 14.3 Å². The van der Waals surface area contributed by atoms with E-state index in [1.165, 1.54) is 6.07 Å². The summed E-state index contributed by atoms with van der Waals surface area (Å²) in [5, 5.41) is 12.5. The molecule has 2 N–H and O–H groups in total. The molecule has 0 spiro atoms. The van der Waals surface area contributed by atoms with Gasteiger partial charge < -0.3 is 19.9 Å². The first-order valence-corrected chi connectivity index (χ1v) is 7.80. The van der Waals surface area contributed by atoms with E-state index in [4.69, 9.17) is 37.8 Å². The van der Waals surface area contributed by atoms with Crippen molar-refractivity contribution in [1.82, 2.24) is 5.32 Å². The summed E-state index contributed by atoms with van der Waals surface area (Å²) in [6.07, 6.45) is -0.568. The number of rotatable bonds is 6. The Kier molecular flexibility index (Phi) is 5.73. The Balaban J connectivity index is 2.00. The minimum Gasteiger partial charge on any atom is -0.481 e. The zero-order valence-electron chi connectivity index (χ0n) is 12.5. The van der Waals surface area contributed by atoms with E-state index in [-0.39, 0.29) is 13.0 Å². The molecule has 0 radical (unpaired) electrons. The van der Waals surface area contributed by atoms with Crippen LogP contribution in [0.3, 0.4) is 0 Å². The molecule has 0 aromatic heterocycles. The van der Waals surface area contributed by atoms with Crippen LogP contribution in [0.4, 0.5) is 0 Å². The summed E-state index contributed by atoms with van der Waals surface area (Å²) in [5.74, 6) is -1.01. The molecule has 1 amide bonds. The second-order valence-corrected chi connectivity index (χ2v) is 6.29. The van der Waals surface area contributed by atoms with Crippen LogP contribution in [0.5, 0.6) is 5.75 Å². The largest absolute Gasteiger partial charge is 0.481 e. The lowest BCUT2D eigenvalue weighted by Crippen LogP contribution is -2.53. The van der Waals surface area contributed by atoms with E-state index in [1.807, 2.05) is 0 Å². The van der Waals surface area contributed by atoms with Crippen LogP contribution in [0.25, 0.3) is 0 Å². The molecular formula is C15H17Cl2NO5. The van der Waals surface area contributed by atoms with Crippen molar-refractivity contribution in [2.45, 2.75) is 31.4 Å². The standard InChI is InChI=1S/C15H17Cl2NO5/c1-9(23-10-2-3-11(16)12(17)6-10)14(21)18-15(7-13(19)20)4-5-22-8-15/h2-3,6,9H,4-5,7-8H2,1H3,(H,18,21)(H,19,20). The third-order valence-corrected chi connectivity index (χ3v) is 4.29. The number of carboxylic acid groups (broad SMARTS) is 1. The number of benzene rings is 1. The average Bonchev–Trinajstić information content (AvgIpc) is 2.90. The van der Waals surface area contributed by atoms with Gasteiger partial charge in [0.1, 0.15) is 5.75 Å². The van der Waals surface area contributed by atoms with Gasteiger partial charge in [0.15, 0.2) is 6.10 Å². The number of ether oxygens (including phenoxy) is 2. The van der Waals surface area contributed by atoms with Gasteiger partial charge in [-0.2, -0.15) is 0 Å². The van der Waals surface area contributed by atoms with Crippen molar-refractivity contribution in [3.63, 3.8) is 0 Å². The Bertz CT molecular complexity index is 602. The first-order valence-electron chi connectivity index (χ1n) is 7.05. The van der Waals surface area contributed by atoms with Gasteiger partial charge in [-0.05, 0) is 25.5 Å². The van der Waals surface area contributed by atoms with Gasteiger partial charge in [-0.15, -0.1) is 0 Å². The summed E-state index contributed by atoms with van der Waals surface area (Å²) in [5.41, 5.74) is -0.891. The highest BCUT2D eigenvalue weighted by atomic mass is 35.5. The van der Waals surface area contributed by atoms with Gasteiger partial charge in [0.2, 0.25) is 0 Å². The van der Waals surface area contributed by atoms with Gasteiger partial charge in [0.05, 0.1) is 28.6 Å². The first kappa shape index (κ1) is 17.8. The Morgan fingerprint density at radius 3 is 2.74 bits per heavy atom. The number of aliphatic carboxylic acids is 1. The Morgan fingerprint density at radius 1 is 1.43 bits per heavy atom. The molecule has 126 valence electrons. The van der Waals surface area contributed by atoms with Crippen molar-refractivity contribution in [1.29, 1.82) is 0 Å². The van der Waals surface area contributed by atoms with Crippen molar-refractivity contribution < 1.29 is 24.2 Å². The number of nitrogens with one attached hydrogen (secondary N) is 1. The summed E-state index contributed by atoms with van der Waals surface area (Å²) in [7, 11) is 0. The summed E-state index contributed by atoms with van der Waals surface area (Å²) in [6.45, 7) is 2.16. The number of carboxylic acids is 1. The second-order valence-electron chi connectivity index (χ2n) is 5.48. The van der Waals surface area contributed by atoms with Crippen LogP contribution in [0.1, 0.15) is 19.8 Å². The molecule has 1 heterocycles. The van der Waals surface area contributed by atoms with E-state index in [2.05, 4.69) is 5.32 Å². The number of halogens is 2. The van der Waals surface area contributed by atoms with Gasteiger partial charge >= 0.3 is 5.97 Å². The predicted octanol–water partition coefficient (Wildman–Crippen LogP) is 2.51. The molecular weight excluding hydrogens is 345 g/mol. The fraction of sp³-hybridized carbons (Fsp3) is 0.467. The van der Waals surface area contributed by atoms with E-state index >= 15 is 0 Å². The molecule has 1 aliphatic heterocycles. The highest BCUT2D eigenvalue weighted by Gasteiger charge is 2.39. The fourth-order valence-electron chi connectivity index (χ4n) is 2.35. The Hall–Kier alpha value is -1.50. The molecule has 0 saturated carbocycles. The molecule has 2 rings (SSSR count). The van der Waals surface area contributed by atoms with Crippen molar-refractivity contribution >= 4 is 35.1 Å². The molecule has 6 nitrogen and oxygen atoms in total. The van der Waals surface area contributed by atoms with E-state index in [0.29, 0.717) is 28.8 Å². The third kappa shape index (κ3) is 4.73. The number of amides is 1. The molecule has 1 saturated heterocycles. The smallest absolute Gasteiger partial charge is 0.305 e. The topological polar surface area (TPSA) is 84.9 Å². The molecule has 2 unspecified atom stereocenters. The summed E-state index contributed by atoms with van der Waals surface area (Å²) >= 11 is 11.7. The van der Waals surface area contributed by atoms with E-state index < -0.39 is 23.5 Å². The van der Waals surface area contributed by atoms with Gasteiger partial charge in [-0.1, -0.05) is 23.2 Å². The highest BCUT2D eigenvalue weighted by Crippen LogP contribution is 2.27. The molecule has 1 aromatic carbocycles. The zero-order valence-corrected chi connectivity index (χ0v) is 14.0. The fourth-order valence-corrected chi connectivity index (χ4v) is 2.64. The minimum absolute atomic E-state index is 0.171. The van der Waals surface area contributed by atoms with Crippen LogP contribution in [0.15, 0.2) is 18.2 Å². The molecule has 2 atom stereocenters. The van der Waals surface area contributed by atoms with Crippen molar-refractivity contribution in [3.05, 3.63) is 28.2 Å². The highest BCUT2D eigenvalue weighted by molar-refractivity contribution is 6.42. The quantitative estimate of drug-likeness (QED) is 0.812. The summed E-state index contributed by atoms with van der Waals surface area (Å²) in [6, 6.07) is 4.68. The number of carbonyl (C=O) groups excluding carboxylic acids is 1. The molecule has 1 fully saturated rings. The van der Waals surface area contributed by atoms with Crippen LogP contribution in [-0.4, -0.2) is 41.8 Å². The van der Waals surface area contributed by atoms with Gasteiger partial charge in [-0.3, -0.25) is 9.59 Å². The molecule has 1 aliphatic rings. The normalized spacial score (nSPS) is 21.7. The SMILES string of the molecule is CC(Oc1ccc(Cl)c(Cl)c1)C(=O)NC1(CC(=O)O)CCOC1. The zero-order chi connectivity index (χ0) is 17.0. The van der Waals surface area contributed by atoms with E-state index in [9.17, 15) is 9.59 Å². The van der Waals surface area contributed by atoms with Crippen molar-refractivity contribution in [2.75, 3.05) is 13.2 Å². The Labute approximate surface area is 143 Å². The van der Waals surface area contributed by atoms with Crippen molar-refractivity contribution in [3.8, 4) is 5.75 Å². The maximum atomic E-state index is 12.3. The molecule has 1 aromatic rings. The maximum Gasteiger partial charge on any atom is 0.305 e. The predicted molar refractivity (Wildman–Crippen MR) is 85.1 cm³/mol. The van der Waals surface area contributed by atoms with Gasteiger partial charge in [0, 0.05) is 12.7 Å². The van der Waals surface area contributed by atoms with E-state index in [1.54, 1.807) is 19.1 Å². The lowest BCUT2D eigenvalue weighted by atomic mass is 9.94. The Morgan fingerprint density at radius 2 is 2.17 bits per heavy atom. The molecule has 0 bridgehead atoms. The van der Waals surface area contributed by atoms with Crippen LogP contribution in [0, 0.1) is 0 Å². The minimum atomic E-state index is -0.992. The summed E-state index contributed by atoms with van der Waals surface area (Å²) < 4.78 is 10.8.